The van der Waals surface area contributed by atoms with Gasteiger partial charge in [-0.3, -0.25) is 4.57 Å². The minimum atomic E-state index is -3.48. The summed E-state index contributed by atoms with van der Waals surface area (Å²) in [4.78, 5) is 1.96. The van der Waals surface area contributed by atoms with E-state index in [0.29, 0.717) is 10.9 Å². The molecule has 1 N–H and O–H groups in total. The van der Waals surface area contributed by atoms with Crippen molar-refractivity contribution in [3.63, 3.8) is 0 Å². The average molecular weight is 412 g/mol. The lowest BCUT2D eigenvalue weighted by Crippen LogP contribution is -2.18. The zero-order chi connectivity index (χ0) is 17.9. The molecule has 0 amide bonds. The maximum Gasteiger partial charge on any atom is 0.264 e. The van der Waals surface area contributed by atoms with E-state index in [-0.39, 0.29) is 6.10 Å². The summed E-state index contributed by atoms with van der Waals surface area (Å²) in [5.41, 5.74) is 1.56. The molecule has 2 unspecified atom stereocenters. The number of aliphatic hydroxyl groups is 1. The molecule has 0 fully saturated rings. The summed E-state index contributed by atoms with van der Waals surface area (Å²) >= 11 is 3.37. The van der Waals surface area contributed by atoms with Gasteiger partial charge in [-0.15, -0.1) is 0 Å². The fourth-order valence-electron chi connectivity index (χ4n) is 2.36. The Kier molecular flexibility index (Phi) is 6.27. The van der Waals surface area contributed by atoms with Crippen LogP contribution in [0.1, 0.15) is 25.3 Å². The van der Waals surface area contributed by atoms with Crippen molar-refractivity contribution in [2.75, 3.05) is 19.0 Å². The molecule has 2 rings (SSSR count). The van der Waals surface area contributed by atoms with Crippen LogP contribution in [-0.4, -0.2) is 25.3 Å². The van der Waals surface area contributed by atoms with Crippen LogP contribution < -0.4 is 10.2 Å². The van der Waals surface area contributed by atoms with Crippen molar-refractivity contribution >= 4 is 34.3 Å². The van der Waals surface area contributed by atoms with Crippen LogP contribution in [0.3, 0.4) is 0 Å². The third-order valence-electron chi connectivity index (χ3n) is 3.58. The van der Waals surface area contributed by atoms with Crippen molar-refractivity contribution in [2.24, 2.45) is 0 Å². The van der Waals surface area contributed by atoms with Crippen molar-refractivity contribution in [1.82, 2.24) is 0 Å². The Hall–Kier alpha value is -1.13. The molecule has 2 aromatic rings. The molecule has 0 bridgehead atoms. The third kappa shape index (κ3) is 4.28. The second-order valence-corrected chi connectivity index (χ2v) is 9.41. The van der Waals surface area contributed by atoms with E-state index in [1.54, 1.807) is 24.3 Å². The first-order chi connectivity index (χ1) is 11.2. The topological polar surface area (TPSA) is 49.8 Å². The Morgan fingerprint density at radius 1 is 1.04 bits per heavy atom. The predicted molar refractivity (Wildman–Crippen MR) is 103 cm³/mol. The third-order valence-corrected chi connectivity index (χ3v) is 6.81. The summed E-state index contributed by atoms with van der Waals surface area (Å²) in [5.74, 6) is -1.21. The number of nitrogens with zero attached hydrogens (tertiary/aromatic N) is 1. The molecule has 6 heteroatoms. The van der Waals surface area contributed by atoms with E-state index in [1.165, 1.54) is 0 Å². The van der Waals surface area contributed by atoms with E-state index < -0.39 is 13.2 Å². The lowest BCUT2D eigenvalue weighted by molar-refractivity contribution is 0.189. The molecule has 0 saturated heterocycles. The number of benzene rings is 2. The molecule has 0 aliphatic carbocycles. The van der Waals surface area contributed by atoms with Gasteiger partial charge in [-0.1, -0.05) is 28.1 Å². The highest BCUT2D eigenvalue weighted by Crippen LogP contribution is 2.58. The Morgan fingerprint density at radius 2 is 1.58 bits per heavy atom. The summed E-state index contributed by atoms with van der Waals surface area (Å²) in [6.07, 6.45) is -0.269. The van der Waals surface area contributed by atoms with Crippen LogP contribution in [0.15, 0.2) is 53.0 Å². The quantitative estimate of drug-likeness (QED) is 0.709. The van der Waals surface area contributed by atoms with Gasteiger partial charge in [0.1, 0.15) is 0 Å². The fraction of sp³-hybridized carbons (Fsp3) is 0.333. The molecule has 0 aliphatic heterocycles. The summed E-state index contributed by atoms with van der Waals surface area (Å²) in [6, 6.07) is 14.4. The summed E-state index contributed by atoms with van der Waals surface area (Å²) in [6.45, 7) is 3.63. The molecule has 130 valence electrons. The number of aliphatic hydroxyl groups excluding tert-OH is 1. The van der Waals surface area contributed by atoms with Crippen molar-refractivity contribution in [1.29, 1.82) is 0 Å². The van der Waals surface area contributed by atoms with Crippen molar-refractivity contribution in [3.05, 3.63) is 58.6 Å². The molecule has 0 radical (unpaired) electrons. The number of rotatable bonds is 6. The van der Waals surface area contributed by atoms with Crippen LogP contribution in [-0.2, 0) is 9.09 Å². The maximum atomic E-state index is 13.6. The van der Waals surface area contributed by atoms with E-state index >= 15 is 0 Å². The molecule has 0 aliphatic rings. The molecule has 2 aromatic carbocycles. The van der Waals surface area contributed by atoms with E-state index in [4.69, 9.17) is 4.52 Å². The van der Waals surface area contributed by atoms with Gasteiger partial charge in [0.25, 0.3) is 7.37 Å². The van der Waals surface area contributed by atoms with Gasteiger partial charge < -0.3 is 14.5 Å². The van der Waals surface area contributed by atoms with E-state index in [2.05, 4.69) is 15.9 Å². The first kappa shape index (κ1) is 19.2. The van der Waals surface area contributed by atoms with Crippen LogP contribution in [0.4, 0.5) is 5.69 Å². The van der Waals surface area contributed by atoms with Crippen molar-refractivity contribution < 1.29 is 14.2 Å². The molecular formula is C18H23BrNO3P. The Labute approximate surface area is 152 Å². The number of hydrogen-bond donors (Lipinski definition) is 1. The first-order valence-electron chi connectivity index (χ1n) is 7.73. The Morgan fingerprint density at radius 3 is 2.04 bits per heavy atom. The molecule has 0 spiro atoms. The van der Waals surface area contributed by atoms with Gasteiger partial charge >= 0.3 is 0 Å². The number of hydrogen-bond acceptors (Lipinski definition) is 4. The van der Waals surface area contributed by atoms with Crippen LogP contribution in [0.2, 0.25) is 0 Å². The second kappa shape index (κ2) is 7.83. The molecule has 24 heavy (non-hydrogen) atoms. The van der Waals surface area contributed by atoms with Crippen LogP contribution in [0, 0.1) is 0 Å². The first-order valence-corrected chi connectivity index (χ1v) is 10.2. The average Bonchev–Trinajstić information content (AvgIpc) is 2.54. The van der Waals surface area contributed by atoms with Crippen LogP contribution in [0.25, 0.3) is 0 Å². The van der Waals surface area contributed by atoms with Crippen molar-refractivity contribution in [3.8, 4) is 0 Å². The van der Waals surface area contributed by atoms with Gasteiger partial charge in [0.05, 0.1) is 6.10 Å². The number of anilines is 1. The molecule has 0 saturated carbocycles. The second-order valence-electron chi connectivity index (χ2n) is 6.09. The highest BCUT2D eigenvalue weighted by atomic mass is 79.9. The standard InChI is InChI=1S/C18H23BrNO3P/c1-13(2)23-24(22,17-11-9-16(10-12-17)20(3)4)18(21)14-5-7-15(19)8-6-14/h5-13,18,21H,1-4H3. The van der Waals surface area contributed by atoms with E-state index in [9.17, 15) is 9.67 Å². The normalized spacial score (nSPS) is 15.1. The smallest absolute Gasteiger partial charge is 0.264 e. The molecule has 0 heterocycles. The molecule has 2 atom stereocenters. The zero-order valence-corrected chi connectivity index (χ0v) is 16.8. The van der Waals surface area contributed by atoms with Gasteiger partial charge in [0.2, 0.25) is 0 Å². The lowest BCUT2D eigenvalue weighted by atomic mass is 10.2. The SMILES string of the molecule is CC(C)OP(=O)(c1ccc(N(C)C)cc1)C(O)c1ccc(Br)cc1. The Balaban J connectivity index is 2.45. The maximum absolute atomic E-state index is 13.6. The molecule has 4 nitrogen and oxygen atoms in total. The highest BCUT2D eigenvalue weighted by molar-refractivity contribution is 9.10. The van der Waals surface area contributed by atoms with Gasteiger partial charge in [-0.05, 0) is 55.8 Å². The minimum absolute atomic E-state index is 0.269. The van der Waals surface area contributed by atoms with Crippen LogP contribution >= 0.6 is 23.3 Å². The largest absolute Gasteiger partial charge is 0.378 e. The van der Waals surface area contributed by atoms with E-state index in [1.807, 2.05) is 57.1 Å². The highest BCUT2D eigenvalue weighted by Gasteiger charge is 2.37. The lowest BCUT2D eigenvalue weighted by Gasteiger charge is -2.27. The summed E-state index contributed by atoms with van der Waals surface area (Å²) in [5, 5.41) is 11.3. The zero-order valence-electron chi connectivity index (χ0n) is 14.3. The van der Waals surface area contributed by atoms with Gasteiger partial charge in [0.15, 0.2) is 5.85 Å². The summed E-state index contributed by atoms with van der Waals surface area (Å²) in [7, 11) is 0.396. The van der Waals surface area contributed by atoms with Gasteiger partial charge in [-0.25, -0.2) is 0 Å². The molecule has 0 aromatic heterocycles. The number of halogens is 1. The minimum Gasteiger partial charge on any atom is -0.378 e. The van der Waals surface area contributed by atoms with E-state index in [0.717, 1.165) is 10.2 Å². The van der Waals surface area contributed by atoms with Crippen LogP contribution in [0.5, 0.6) is 0 Å². The predicted octanol–water partition coefficient (Wildman–Crippen LogP) is 4.53. The van der Waals surface area contributed by atoms with Gasteiger partial charge in [0, 0.05) is 29.6 Å². The van der Waals surface area contributed by atoms with Gasteiger partial charge in [-0.2, -0.15) is 0 Å². The fourth-order valence-corrected chi connectivity index (χ4v) is 4.90. The molecular weight excluding hydrogens is 389 g/mol. The Bertz CT molecular complexity index is 714. The monoisotopic (exact) mass is 411 g/mol. The summed E-state index contributed by atoms with van der Waals surface area (Å²) < 4.78 is 20.2. The van der Waals surface area contributed by atoms with Crippen molar-refractivity contribution in [2.45, 2.75) is 25.8 Å².